The van der Waals surface area contributed by atoms with Crippen molar-refractivity contribution in [1.29, 1.82) is 0 Å². The third-order valence-electron chi connectivity index (χ3n) is 4.47. The smallest absolute Gasteiger partial charge is 0.200 e. The lowest BCUT2D eigenvalue weighted by atomic mass is 9.81. The van der Waals surface area contributed by atoms with Crippen molar-refractivity contribution >= 4 is 28.3 Å². The van der Waals surface area contributed by atoms with Crippen LogP contribution in [0.1, 0.15) is 34.0 Å². The Morgan fingerprint density at radius 2 is 1.78 bits per heavy atom. The van der Waals surface area contributed by atoms with E-state index in [0.29, 0.717) is 28.8 Å². The summed E-state index contributed by atoms with van der Waals surface area (Å²) in [6.07, 6.45) is 1.03. The molecule has 4 heteroatoms. The Balaban J connectivity index is 1.88. The van der Waals surface area contributed by atoms with Gasteiger partial charge in [0.2, 0.25) is 5.43 Å². The Morgan fingerprint density at radius 3 is 2.57 bits per heavy atom. The fourth-order valence-corrected chi connectivity index (χ4v) is 3.54. The number of ketones is 1. The summed E-state index contributed by atoms with van der Waals surface area (Å²) < 4.78 is 0. The number of benzene rings is 2. The first-order valence-corrected chi connectivity index (χ1v) is 7.94. The van der Waals surface area contributed by atoms with Crippen LogP contribution in [0.2, 0.25) is 5.02 Å². The molecule has 0 bridgehead atoms. The van der Waals surface area contributed by atoms with Gasteiger partial charge in [0.05, 0.1) is 5.56 Å². The minimum absolute atomic E-state index is 0.0942. The number of carbonyl (C=O) groups is 1. The van der Waals surface area contributed by atoms with Crippen molar-refractivity contribution in [3.8, 4) is 0 Å². The van der Waals surface area contributed by atoms with Crippen LogP contribution in [0.15, 0.2) is 53.3 Å². The first kappa shape index (κ1) is 14.2. The van der Waals surface area contributed by atoms with Gasteiger partial charge in [-0.1, -0.05) is 41.9 Å². The quantitative estimate of drug-likeness (QED) is 0.733. The number of nitrogens with one attached hydrogen (secondary N) is 1. The van der Waals surface area contributed by atoms with E-state index in [9.17, 15) is 9.59 Å². The fourth-order valence-electron chi connectivity index (χ4n) is 3.36. The molecule has 1 aliphatic carbocycles. The van der Waals surface area contributed by atoms with E-state index in [-0.39, 0.29) is 17.1 Å². The van der Waals surface area contributed by atoms with Gasteiger partial charge in [-0.15, -0.1) is 0 Å². The van der Waals surface area contributed by atoms with E-state index in [1.807, 2.05) is 30.3 Å². The number of hydrogen-bond acceptors (Lipinski definition) is 2. The van der Waals surface area contributed by atoms with Crippen molar-refractivity contribution in [2.45, 2.75) is 18.8 Å². The molecule has 0 saturated carbocycles. The number of pyridine rings is 1. The Bertz CT molecular complexity index is 976. The van der Waals surface area contributed by atoms with Gasteiger partial charge in [-0.25, -0.2) is 0 Å². The first-order chi connectivity index (χ1) is 11.1. The Hall–Kier alpha value is -2.39. The van der Waals surface area contributed by atoms with Crippen molar-refractivity contribution in [2.24, 2.45) is 0 Å². The zero-order chi connectivity index (χ0) is 16.0. The molecule has 0 radical (unpaired) electrons. The molecule has 3 aromatic rings. The van der Waals surface area contributed by atoms with Crippen molar-refractivity contribution in [1.82, 2.24) is 4.98 Å². The summed E-state index contributed by atoms with van der Waals surface area (Å²) in [6.45, 7) is 0. The highest BCUT2D eigenvalue weighted by Gasteiger charge is 2.29. The summed E-state index contributed by atoms with van der Waals surface area (Å²) in [5.74, 6) is 0.0137. The molecule has 2 aromatic carbocycles. The van der Waals surface area contributed by atoms with Crippen LogP contribution in [0, 0.1) is 0 Å². The van der Waals surface area contributed by atoms with Crippen molar-refractivity contribution in [2.75, 3.05) is 0 Å². The van der Waals surface area contributed by atoms with Gasteiger partial charge in [0, 0.05) is 28.0 Å². The van der Waals surface area contributed by atoms with Crippen LogP contribution >= 0.6 is 11.6 Å². The first-order valence-electron chi connectivity index (χ1n) is 7.56. The van der Waals surface area contributed by atoms with Gasteiger partial charge in [0.1, 0.15) is 0 Å². The van der Waals surface area contributed by atoms with Crippen molar-refractivity contribution in [3.63, 3.8) is 0 Å². The molecule has 1 aromatic heterocycles. The largest absolute Gasteiger partial charge is 0.358 e. The number of carbonyl (C=O) groups excluding carboxylic acids is 1. The molecule has 1 N–H and O–H groups in total. The van der Waals surface area contributed by atoms with Gasteiger partial charge in [0.15, 0.2) is 5.78 Å². The number of hydrogen-bond donors (Lipinski definition) is 1. The maximum atomic E-state index is 12.7. The van der Waals surface area contributed by atoms with Gasteiger partial charge < -0.3 is 4.98 Å². The molecule has 4 rings (SSSR count). The number of aromatic amines is 1. The number of rotatable bonds is 1. The highest BCUT2D eigenvalue weighted by molar-refractivity contribution is 6.31. The van der Waals surface area contributed by atoms with Crippen LogP contribution in [-0.2, 0) is 6.42 Å². The molecule has 1 aliphatic rings. The van der Waals surface area contributed by atoms with Gasteiger partial charge >= 0.3 is 0 Å². The van der Waals surface area contributed by atoms with Crippen molar-refractivity contribution < 1.29 is 4.79 Å². The maximum Gasteiger partial charge on any atom is 0.200 e. The molecule has 114 valence electrons. The molecule has 0 fully saturated rings. The van der Waals surface area contributed by atoms with E-state index in [0.717, 1.165) is 16.8 Å². The van der Waals surface area contributed by atoms with Gasteiger partial charge in [-0.2, -0.15) is 0 Å². The second-order valence-electron chi connectivity index (χ2n) is 5.94. The summed E-state index contributed by atoms with van der Waals surface area (Å²) in [5, 5.41) is 0.969. The molecule has 1 atom stereocenters. The highest BCUT2D eigenvalue weighted by Crippen LogP contribution is 2.31. The minimum Gasteiger partial charge on any atom is -0.358 e. The number of aromatic nitrogens is 1. The number of halogens is 1. The van der Waals surface area contributed by atoms with Crippen LogP contribution in [0.25, 0.3) is 10.9 Å². The monoisotopic (exact) mass is 323 g/mol. The zero-order valence-corrected chi connectivity index (χ0v) is 13.1. The predicted molar refractivity (Wildman–Crippen MR) is 91.4 cm³/mol. The zero-order valence-electron chi connectivity index (χ0n) is 12.3. The minimum atomic E-state index is -0.215. The van der Waals surface area contributed by atoms with Crippen LogP contribution < -0.4 is 5.43 Å². The lowest BCUT2D eigenvalue weighted by Crippen LogP contribution is -2.27. The molecular formula is C19H14ClNO2. The van der Waals surface area contributed by atoms with E-state index in [1.54, 1.807) is 18.2 Å². The molecule has 1 heterocycles. The van der Waals surface area contributed by atoms with Crippen LogP contribution in [0.3, 0.4) is 0 Å². The van der Waals surface area contributed by atoms with E-state index in [2.05, 4.69) is 4.98 Å². The topological polar surface area (TPSA) is 49.9 Å². The fraction of sp³-hybridized carbons (Fsp3) is 0.158. The SMILES string of the molecule is O=C1CC(c2ccccc2)Cc2[nH]c3ccc(Cl)cc3c(=O)c21. The summed E-state index contributed by atoms with van der Waals surface area (Å²) in [5.41, 5.74) is 2.66. The van der Waals surface area contributed by atoms with Crippen LogP contribution in [0.5, 0.6) is 0 Å². The van der Waals surface area contributed by atoms with Crippen LogP contribution in [-0.4, -0.2) is 10.8 Å². The molecule has 3 nitrogen and oxygen atoms in total. The second kappa shape index (κ2) is 5.36. The summed E-state index contributed by atoms with van der Waals surface area (Å²) in [4.78, 5) is 28.5. The lowest BCUT2D eigenvalue weighted by Gasteiger charge is -2.24. The Labute approximate surface area is 137 Å². The maximum absolute atomic E-state index is 12.7. The normalized spacial score (nSPS) is 17.3. The number of Topliss-reactive ketones (excluding diaryl/α,β-unsaturated/α-hetero) is 1. The molecule has 0 spiro atoms. The van der Waals surface area contributed by atoms with Gasteiger partial charge in [0.25, 0.3) is 0 Å². The highest BCUT2D eigenvalue weighted by atomic mass is 35.5. The Kier molecular flexibility index (Phi) is 3.31. The van der Waals surface area contributed by atoms with Gasteiger partial charge in [-0.05, 0) is 36.1 Å². The van der Waals surface area contributed by atoms with Crippen LogP contribution in [0.4, 0.5) is 0 Å². The van der Waals surface area contributed by atoms with E-state index >= 15 is 0 Å². The third kappa shape index (κ3) is 2.37. The summed E-state index contributed by atoms with van der Waals surface area (Å²) in [7, 11) is 0. The van der Waals surface area contributed by atoms with Crippen molar-refractivity contribution in [3.05, 3.63) is 80.6 Å². The number of fused-ring (bicyclic) bond motifs is 2. The second-order valence-corrected chi connectivity index (χ2v) is 6.37. The summed E-state index contributed by atoms with van der Waals surface area (Å²) >= 11 is 5.98. The summed E-state index contributed by atoms with van der Waals surface area (Å²) in [6, 6.07) is 15.1. The van der Waals surface area contributed by atoms with E-state index < -0.39 is 0 Å². The number of H-pyrrole nitrogens is 1. The van der Waals surface area contributed by atoms with E-state index in [1.165, 1.54) is 0 Å². The third-order valence-corrected chi connectivity index (χ3v) is 4.71. The van der Waals surface area contributed by atoms with E-state index in [4.69, 9.17) is 11.6 Å². The average Bonchev–Trinajstić information content (AvgIpc) is 2.56. The molecule has 0 amide bonds. The molecule has 1 unspecified atom stereocenters. The average molecular weight is 324 g/mol. The molecule has 0 saturated heterocycles. The molecule has 0 aliphatic heterocycles. The molecule has 23 heavy (non-hydrogen) atoms. The lowest BCUT2D eigenvalue weighted by molar-refractivity contribution is 0.0962. The Morgan fingerprint density at radius 1 is 1.00 bits per heavy atom. The van der Waals surface area contributed by atoms with Gasteiger partial charge in [-0.3, -0.25) is 9.59 Å². The molecular weight excluding hydrogens is 310 g/mol. The standard InChI is InChI=1S/C19H14ClNO2/c20-13-6-7-15-14(10-13)19(23)18-16(21-15)8-12(9-17(18)22)11-4-2-1-3-5-11/h1-7,10,12H,8-9H2,(H,21,23). The predicted octanol–water partition coefficient (Wildman–Crippen LogP) is 4.09.